The lowest BCUT2D eigenvalue weighted by atomic mass is 10.0. The fourth-order valence-corrected chi connectivity index (χ4v) is 2.78. The molecule has 2 aromatic carbocycles. The molecule has 0 spiro atoms. The highest BCUT2D eigenvalue weighted by Gasteiger charge is 2.19. The summed E-state index contributed by atoms with van der Waals surface area (Å²) in [4.78, 5) is 12.6. The molecule has 0 amide bonds. The second-order valence-corrected chi connectivity index (χ2v) is 5.43. The van der Waals surface area contributed by atoms with E-state index in [1.54, 1.807) is 17.9 Å². The quantitative estimate of drug-likeness (QED) is 0.580. The van der Waals surface area contributed by atoms with Gasteiger partial charge in [0.25, 0.3) is 0 Å². The van der Waals surface area contributed by atoms with Crippen molar-refractivity contribution in [2.75, 3.05) is 5.73 Å². The summed E-state index contributed by atoms with van der Waals surface area (Å²) in [5.41, 5.74) is 7.49. The zero-order valence-corrected chi connectivity index (χ0v) is 12.4. The number of carbonyl (C=O) groups excluding carboxylic acids is 1. The van der Waals surface area contributed by atoms with Crippen LogP contribution in [0.15, 0.2) is 47.1 Å². The van der Waals surface area contributed by atoms with Crippen molar-refractivity contribution in [1.82, 2.24) is 9.78 Å². The smallest absolute Gasteiger partial charge is 0.214 e. The molecule has 5 heteroatoms. The van der Waals surface area contributed by atoms with Crippen molar-refractivity contribution in [1.29, 1.82) is 0 Å². The third kappa shape index (κ3) is 2.00. The number of hydrogen-bond acceptors (Lipinski definition) is 3. The highest BCUT2D eigenvalue weighted by atomic mass is 79.9. The first-order valence-electron chi connectivity index (χ1n) is 6.08. The van der Waals surface area contributed by atoms with E-state index in [4.69, 9.17) is 5.73 Å². The van der Waals surface area contributed by atoms with Gasteiger partial charge >= 0.3 is 0 Å². The first kappa shape index (κ1) is 12.9. The van der Waals surface area contributed by atoms with Gasteiger partial charge in [0.1, 0.15) is 5.69 Å². The van der Waals surface area contributed by atoms with Crippen molar-refractivity contribution in [2.45, 2.75) is 0 Å². The number of nitrogens with two attached hydrogens (primary N) is 1. The second kappa shape index (κ2) is 4.76. The van der Waals surface area contributed by atoms with Crippen LogP contribution >= 0.6 is 15.9 Å². The maximum Gasteiger partial charge on any atom is 0.214 e. The molecule has 4 nitrogen and oxygen atoms in total. The largest absolute Gasteiger partial charge is 0.398 e. The van der Waals surface area contributed by atoms with Crippen LogP contribution in [0, 0.1) is 0 Å². The van der Waals surface area contributed by atoms with Crippen molar-refractivity contribution in [2.24, 2.45) is 7.05 Å². The van der Waals surface area contributed by atoms with Crippen LogP contribution in [-0.4, -0.2) is 15.6 Å². The number of fused-ring (bicyclic) bond motifs is 1. The molecule has 0 fully saturated rings. The zero-order chi connectivity index (χ0) is 14.3. The van der Waals surface area contributed by atoms with Gasteiger partial charge in [0, 0.05) is 18.3 Å². The number of benzene rings is 2. The Morgan fingerprint density at radius 3 is 2.50 bits per heavy atom. The first-order chi connectivity index (χ1) is 9.58. The monoisotopic (exact) mass is 329 g/mol. The van der Waals surface area contributed by atoms with Gasteiger partial charge in [-0.15, -0.1) is 0 Å². The zero-order valence-electron chi connectivity index (χ0n) is 10.8. The normalized spacial score (nSPS) is 10.9. The molecule has 0 saturated heterocycles. The van der Waals surface area contributed by atoms with E-state index >= 15 is 0 Å². The Morgan fingerprint density at radius 1 is 1.25 bits per heavy atom. The van der Waals surface area contributed by atoms with Crippen LogP contribution < -0.4 is 5.73 Å². The van der Waals surface area contributed by atoms with E-state index in [0.717, 1.165) is 10.8 Å². The Balaban J connectivity index is 2.19. The van der Waals surface area contributed by atoms with Crippen LogP contribution in [0.1, 0.15) is 16.1 Å². The summed E-state index contributed by atoms with van der Waals surface area (Å²) in [6.07, 6.45) is 1.60. The number of nitrogens with zero attached hydrogens (tertiary/aromatic N) is 2. The molecule has 1 heterocycles. The second-order valence-electron chi connectivity index (χ2n) is 4.58. The van der Waals surface area contributed by atoms with Crippen LogP contribution in [0.4, 0.5) is 5.69 Å². The van der Waals surface area contributed by atoms with Gasteiger partial charge in [0.15, 0.2) is 0 Å². The molecule has 0 unspecified atom stereocenters. The van der Waals surface area contributed by atoms with Gasteiger partial charge in [-0.3, -0.25) is 9.48 Å². The summed E-state index contributed by atoms with van der Waals surface area (Å²) in [6, 6.07) is 11.5. The third-order valence-corrected chi connectivity index (χ3v) is 3.85. The van der Waals surface area contributed by atoms with E-state index in [0.29, 0.717) is 21.4 Å². The van der Waals surface area contributed by atoms with Crippen LogP contribution in [-0.2, 0) is 7.05 Å². The van der Waals surface area contributed by atoms with E-state index in [9.17, 15) is 4.79 Å². The molecule has 2 N–H and O–H groups in total. The van der Waals surface area contributed by atoms with Crippen LogP contribution in [0.25, 0.3) is 10.8 Å². The van der Waals surface area contributed by atoms with Crippen molar-refractivity contribution in [3.8, 4) is 0 Å². The number of aryl methyl sites for hydroxylation is 1. The standard InChI is InChI=1S/C15H12BrN3O/c1-19-14(12(16)8-18-19)15(20)11-6-9-4-2-3-5-10(9)7-13(11)17/h2-8H,17H2,1H3. The van der Waals surface area contributed by atoms with Crippen molar-refractivity contribution in [3.63, 3.8) is 0 Å². The van der Waals surface area contributed by atoms with E-state index < -0.39 is 0 Å². The number of hydrogen-bond donors (Lipinski definition) is 1. The highest BCUT2D eigenvalue weighted by Crippen LogP contribution is 2.26. The summed E-state index contributed by atoms with van der Waals surface area (Å²) in [5, 5.41) is 6.07. The third-order valence-electron chi connectivity index (χ3n) is 3.27. The van der Waals surface area contributed by atoms with E-state index in [1.807, 2.05) is 36.4 Å². The van der Waals surface area contributed by atoms with E-state index in [2.05, 4.69) is 21.0 Å². The molecule has 0 radical (unpaired) electrons. The predicted octanol–water partition coefficient (Wildman–Crippen LogP) is 3.15. The van der Waals surface area contributed by atoms with Gasteiger partial charge in [0.05, 0.1) is 10.7 Å². The molecule has 0 aliphatic heterocycles. The number of nitrogen functional groups attached to an aromatic ring is 1. The summed E-state index contributed by atoms with van der Waals surface area (Å²) in [7, 11) is 1.73. The fourth-order valence-electron chi connectivity index (χ4n) is 2.25. The summed E-state index contributed by atoms with van der Waals surface area (Å²) < 4.78 is 2.21. The van der Waals surface area contributed by atoms with Gasteiger partial charge in [-0.1, -0.05) is 24.3 Å². The van der Waals surface area contributed by atoms with Gasteiger partial charge in [-0.2, -0.15) is 5.10 Å². The average molecular weight is 330 g/mol. The van der Waals surface area contributed by atoms with Crippen molar-refractivity contribution >= 4 is 38.2 Å². The molecule has 3 rings (SSSR count). The van der Waals surface area contributed by atoms with E-state index in [-0.39, 0.29) is 5.78 Å². The SMILES string of the molecule is Cn1ncc(Br)c1C(=O)c1cc2ccccc2cc1N. The Hall–Kier alpha value is -2.14. The summed E-state index contributed by atoms with van der Waals surface area (Å²) >= 11 is 3.34. The minimum Gasteiger partial charge on any atom is -0.398 e. The lowest BCUT2D eigenvalue weighted by molar-refractivity contribution is 0.103. The van der Waals surface area contributed by atoms with Gasteiger partial charge in [-0.25, -0.2) is 0 Å². The number of carbonyl (C=O) groups is 1. The molecular weight excluding hydrogens is 318 g/mol. The molecule has 0 atom stereocenters. The molecule has 0 aliphatic rings. The van der Waals surface area contributed by atoms with Crippen molar-refractivity contribution in [3.05, 3.63) is 58.3 Å². The molecule has 0 saturated carbocycles. The lowest BCUT2D eigenvalue weighted by Crippen LogP contribution is -2.11. The van der Waals surface area contributed by atoms with Gasteiger partial charge in [0.2, 0.25) is 5.78 Å². The van der Waals surface area contributed by atoms with Crippen LogP contribution in [0.5, 0.6) is 0 Å². The number of ketones is 1. The van der Waals surface area contributed by atoms with Gasteiger partial charge in [-0.05, 0) is 38.8 Å². The maximum absolute atomic E-state index is 12.6. The molecule has 100 valence electrons. The first-order valence-corrected chi connectivity index (χ1v) is 6.87. The maximum atomic E-state index is 12.6. The Morgan fingerprint density at radius 2 is 1.90 bits per heavy atom. The number of rotatable bonds is 2. The van der Waals surface area contributed by atoms with E-state index in [1.165, 1.54) is 0 Å². The number of aromatic nitrogens is 2. The molecule has 0 aliphatic carbocycles. The Labute approximate surface area is 124 Å². The topological polar surface area (TPSA) is 60.9 Å². The number of anilines is 1. The highest BCUT2D eigenvalue weighted by molar-refractivity contribution is 9.10. The van der Waals surface area contributed by atoms with Crippen molar-refractivity contribution < 1.29 is 4.79 Å². The fraction of sp³-hybridized carbons (Fsp3) is 0.0667. The number of halogens is 1. The van der Waals surface area contributed by atoms with Gasteiger partial charge < -0.3 is 5.73 Å². The van der Waals surface area contributed by atoms with Crippen LogP contribution in [0.2, 0.25) is 0 Å². The summed E-state index contributed by atoms with van der Waals surface area (Å²) in [5.74, 6) is -0.139. The lowest BCUT2D eigenvalue weighted by Gasteiger charge is -2.08. The molecule has 0 bridgehead atoms. The predicted molar refractivity (Wildman–Crippen MR) is 82.7 cm³/mol. The van der Waals surface area contributed by atoms with Crippen LogP contribution in [0.3, 0.4) is 0 Å². The molecular formula is C15H12BrN3O. The minimum absolute atomic E-state index is 0.139. The summed E-state index contributed by atoms with van der Waals surface area (Å²) in [6.45, 7) is 0. The average Bonchev–Trinajstić information content (AvgIpc) is 2.76. The molecule has 20 heavy (non-hydrogen) atoms. The Bertz CT molecular complexity index is 804. The Kier molecular flexibility index (Phi) is 3.06. The molecule has 1 aromatic heterocycles. The minimum atomic E-state index is -0.139. The molecule has 3 aromatic rings.